The molecule has 2 heterocycles. The van der Waals surface area contributed by atoms with E-state index in [1.165, 1.54) is 4.88 Å². The van der Waals surface area contributed by atoms with Gasteiger partial charge in [0.2, 0.25) is 0 Å². The summed E-state index contributed by atoms with van der Waals surface area (Å²) in [5.74, 6) is -0.191. The van der Waals surface area contributed by atoms with Crippen LogP contribution < -0.4 is 10.6 Å². The Labute approximate surface area is 144 Å². The summed E-state index contributed by atoms with van der Waals surface area (Å²) >= 11 is 1.67. The minimum absolute atomic E-state index is 0.0692. The van der Waals surface area contributed by atoms with Gasteiger partial charge >= 0.3 is 0 Å². The largest absolute Gasteiger partial charge is 0.395 e. The van der Waals surface area contributed by atoms with Crippen molar-refractivity contribution in [1.29, 1.82) is 0 Å². The van der Waals surface area contributed by atoms with E-state index in [4.69, 9.17) is 5.11 Å². The Morgan fingerprint density at radius 2 is 2.21 bits per heavy atom. The number of benzene rings is 1. The van der Waals surface area contributed by atoms with Crippen molar-refractivity contribution in [3.05, 3.63) is 52.3 Å². The van der Waals surface area contributed by atoms with Gasteiger partial charge in [-0.15, -0.1) is 11.3 Å². The molecule has 0 unspecified atom stereocenters. The van der Waals surface area contributed by atoms with Crippen molar-refractivity contribution < 1.29 is 9.90 Å². The van der Waals surface area contributed by atoms with Crippen LogP contribution in [0.15, 0.2) is 30.5 Å². The molecule has 2 aromatic heterocycles. The van der Waals surface area contributed by atoms with Gasteiger partial charge in [-0.25, -0.2) is 4.98 Å². The number of nitrogens with one attached hydrogen (secondary N) is 2. The van der Waals surface area contributed by atoms with Gasteiger partial charge in [0.1, 0.15) is 0 Å². The van der Waals surface area contributed by atoms with E-state index in [1.54, 1.807) is 23.5 Å². The molecule has 0 saturated carbocycles. The van der Waals surface area contributed by atoms with Gasteiger partial charge in [-0.1, -0.05) is 6.07 Å². The van der Waals surface area contributed by atoms with Gasteiger partial charge in [0.25, 0.3) is 5.91 Å². The lowest BCUT2D eigenvalue weighted by atomic mass is 10.2. The van der Waals surface area contributed by atoms with E-state index in [0.717, 1.165) is 22.0 Å². The average molecular weight is 344 g/mol. The second-order valence-corrected chi connectivity index (χ2v) is 6.77. The third kappa shape index (κ3) is 3.42. The van der Waals surface area contributed by atoms with Crippen LogP contribution in [0.4, 0.5) is 5.69 Å². The molecule has 0 aliphatic heterocycles. The molecule has 0 atom stereocenters. The smallest absolute Gasteiger partial charge is 0.251 e. The van der Waals surface area contributed by atoms with Crippen LogP contribution in [0.3, 0.4) is 0 Å². The molecule has 0 aliphatic carbocycles. The number of imidazole rings is 1. The van der Waals surface area contributed by atoms with Crippen LogP contribution in [-0.4, -0.2) is 33.6 Å². The lowest BCUT2D eigenvalue weighted by Crippen LogP contribution is -2.26. The number of amides is 1. The number of fused-ring (bicyclic) bond motifs is 1. The summed E-state index contributed by atoms with van der Waals surface area (Å²) in [5, 5.41) is 14.8. The Morgan fingerprint density at radius 3 is 3.00 bits per heavy atom. The molecule has 1 aromatic carbocycles. The van der Waals surface area contributed by atoms with Crippen LogP contribution >= 0.6 is 11.3 Å². The van der Waals surface area contributed by atoms with Crippen molar-refractivity contribution in [1.82, 2.24) is 14.7 Å². The first-order valence-corrected chi connectivity index (χ1v) is 8.57. The van der Waals surface area contributed by atoms with Crippen LogP contribution in [-0.2, 0) is 6.54 Å². The molecule has 3 aromatic rings. The number of thiazole rings is 1. The van der Waals surface area contributed by atoms with Gasteiger partial charge in [-0.3, -0.25) is 9.20 Å². The second-order valence-electron chi connectivity index (χ2n) is 5.55. The van der Waals surface area contributed by atoms with Crippen molar-refractivity contribution in [2.75, 3.05) is 18.5 Å². The van der Waals surface area contributed by atoms with E-state index < -0.39 is 0 Å². The zero-order valence-electron chi connectivity index (χ0n) is 13.7. The Morgan fingerprint density at radius 1 is 1.38 bits per heavy atom. The first-order chi connectivity index (χ1) is 11.6. The predicted molar refractivity (Wildman–Crippen MR) is 95.7 cm³/mol. The summed E-state index contributed by atoms with van der Waals surface area (Å²) < 4.78 is 2.11. The Balaban J connectivity index is 1.74. The zero-order chi connectivity index (χ0) is 17.1. The van der Waals surface area contributed by atoms with E-state index in [1.807, 2.05) is 19.1 Å². The number of anilines is 1. The summed E-state index contributed by atoms with van der Waals surface area (Å²) in [7, 11) is 0. The Bertz CT molecular complexity index is 869. The molecule has 0 radical (unpaired) electrons. The van der Waals surface area contributed by atoms with Gasteiger partial charge in [-0.05, 0) is 32.0 Å². The third-order valence-corrected chi connectivity index (χ3v) is 4.62. The number of aliphatic hydroxyl groups is 1. The van der Waals surface area contributed by atoms with E-state index in [9.17, 15) is 4.79 Å². The van der Waals surface area contributed by atoms with E-state index in [0.29, 0.717) is 12.1 Å². The van der Waals surface area contributed by atoms with Crippen molar-refractivity contribution >= 4 is 27.9 Å². The van der Waals surface area contributed by atoms with E-state index in [2.05, 4.69) is 33.1 Å². The zero-order valence-corrected chi connectivity index (χ0v) is 14.5. The molecule has 3 rings (SSSR count). The topological polar surface area (TPSA) is 78.7 Å². The van der Waals surface area contributed by atoms with Gasteiger partial charge in [0.15, 0.2) is 4.96 Å². The highest BCUT2D eigenvalue weighted by Gasteiger charge is 2.11. The minimum atomic E-state index is -0.191. The molecule has 0 saturated heterocycles. The molecule has 0 bridgehead atoms. The molecule has 7 heteroatoms. The molecule has 0 fully saturated rings. The lowest BCUT2D eigenvalue weighted by molar-refractivity contribution is 0.0945. The van der Waals surface area contributed by atoms with Crippen LogP contribution in [0.1, 0.15) is 26.6 Å². The number of carbonyl (C=O) groups is 1. The molecule has 0 spiro atoms. The van der Waals surface area contributed by atoms with Crippen LogP contribution in [0.2, 0.25) is 0 Å². The van der Waals surface area contributed by atoms with Crippen molar-refractivity contribution in [2.24, 2.45) is 0 Å². The standard InChI is InChI=1S/C17H20N4O2S/c1-11-10-21-15(12(2)20-17(21)24-11)9-19-14-5-3-4-13(8-14)16(23)18-6-7-22/h3-5,8,10,19,22H,6-7,9H2,1-2H3,(H,18,23). The number of nitrogens with zero attached hydrogens (tertiary/aromatic N) is 2. The van der Waals surface area contributed by atoms with Gasteiger partial charge in [-0.2, -0.15) is 0 Å². The molecular formula is C17H20N4O2S. The molecule has 3 N–H and O–H groups in total. The van der Waals surface area contributed by atoms with Crippen LogP contribution in [0.25, 0.3) is 4.96 Å². The summed E-state index contributed by atoms with van der Waals surface area (Å²) in [6.07, 6.45) is 2.09. The number of aryl methyl sites for hydroxylation is 2. The number of hydrogen-bond acceptors (Lipinski definition) is 5. The SMILES string of the molecule is Cc1cn2c(CNc3cccc(C(=O)NCCO)c3)c(C)nc2s1. The molecule has 24 heavy (non-hydrogen) atoms. The quantitative estimate of drug-likeness (QED) is 0.641. The molecule has 126 valence electrons. The number of aliphatic hydroxyl groups excluding tert-OH is 1. The Kier molecular flexibility index (Phi) is 4.82. The van der Waals surface area contributed by atoms with Crippen molar-refractivity contribution in [2.45, 2.75) is 20.4 Å². The monoisotopic (exact) mass is 344 g/mol. The van der Waals surface area contributed by atoms with E-state index in [-0.39, 0.29) is 19.1 Å². The molecule has 0 aliphatic rings. The fraction of sp³-hybridized carbons (Fsp3) is 0.294. The third-order valence-electron chi connectivity index (χ3n) is 3.72. The van der Waals surface area contributed by atoms with Crippen molar-refractivity contribution in [3.63, 3.8) is 0 Å². The predicted octanol–water partition coefficient (Wildman–Crippen LogP) is 2.35. The first-order valence-electron chi connectivity index (χ1n) is 7.75. The van der Waals surface area contributed by atoms with Gasteiger partial charge in [0, 0.05) is 28.9 Å². The highest BCUT2D eigenvalue weighted by atomic mass is 32.1. The van der Waals surface area contributed by atoms with Crippen LogP contribution in [0.5, 0.6) is 0 Å². The summed E-state index contributed by atoms with van der Waals surface area (Å²) in [4.78, 5) is 18.8. The number of hydrogen-bond donors (Lipinski definition) is 3. The summed E-state index contributed by atoms with van der Waals surface area (Å²) in [6.45, 7) is 4.89. The fourth-order valence-corrected chi connectivity index (χ4v) is 3.44. The highest BCUT2D eigenvalue weighted by Crippen LogP contribution is 2.21. The Hall–Kier alpha value is -2.38. The van der Waals surface area contributed by atoms with Gasteiger partial charge in [0.05, 0.1) is 24.5 Å². The second kappa shape index (κ2) is 7.02. The molecular weight excluding hydrogens is 324 g/mol. The summed E-state index contributed by atoms with van der Waals surface area (Å²) in [6, 6.07) is 7.32. The van der Waals surface area contributed by atoms with E-state index >= 15 is 0 Å². The fourth-order valence-electron chi connectivity index (χ4n) is 2.55. The van der Waals surface area contributed by atoms with Crippen molar-refractivity contribution in [3.8, 4) is 0 Å². The highest BCUT2D eigenvalue weighted by molar-refractivity contribution is 7.17. The minimum Gasteiger partial charge on any atom is -0.395 e. The molecule has 6 nitrogen and oxygen atoms in total. The summed E-state index contributed by atoms with van der Waals surface area (Å²) in [5.41, 5.74) is 3.55. The normalized spacial score (nSPS) is 11.0. The molecule has 1 amide bonds. The number of aromatic nitrogens is 2. The number of carbonyl (C=O) groups excluding carboxylic acids is 1. The lowest BCUT2D eigenvalue weighted by Gasteiger charge is -2.09. The number of rotatable bonds is 6. The maximum absolute atomic E-state index is 12.0. The van der Waals surface area contributed by atoms with Gasteiger partial charge < -0.3 is 15.7 Å². The maximum atomic E-state index is 12.0. The maximum Gasteiger partial charge on any atom is 0.251 e. The average Bonchev–Trinajstić information content (AvgIpc) is 3.06. The first kappa shape index (κ1) is 16.5. The van der Waals surface area contributed by atoms with Crippen LogP contribution in [0, 0.1) is 13.8 Å².